The average molecular weight is 380 g/mol. The molecule has 0 fully saturated rings. The Bertz CT molecular complexity index is 834. The van der Waals surface area contributed by atoms with E-state index in [1.54, 1.807) is 6.92 Å². The van der Waals surface area contributed by atoms with Crippen LogP contribution in [-0.4, -0.2) is 18.2 Å². The van der Waals surface area contributed by atoms with E-state index < -0.39 is 0 Å². The molecule has 0 spiro atoms. The van der Waals surface area contributed by atoms with E-state index in [9.17, 15) is 9.59 Å². The Hall–Kier alpha value is -2.42. The van der Waals surface area contributed by atoms with E-state index in [1.165, 1.54) is 5.56 Å². The van der Waals surface area contributed by atoms with E-state index in [-0.39, 0.29) is 17.1 Å². The second-order valence-corrected chi connectivity index (χ2v) is 7.65. The number of benzene rings is 2. The Morgan fingerprint density at radius 1 is 1.00 bits per heavy atom. The summed E-state index contributed by atoms with van der Waals surface area (Å²) in [6.45, 7) is 10.6. The van der Waals surface area contributed by atoms with Crippen LogP contribution in [0.5, 0.6) is 0 Å². The van der Waals surface area contributed by atoms with Crippen molar-refractivity contribution in [3.05, 3.63) is 70.3 Å². The number of carbonyl (C=O) groups is 2. The number of carbonyl (C=O) groups excluding carboxylic acids is 2. The molecule has 3 heteroatoms. The number of ketones is 1. The van der Waals surface area contributed by atoms with Crippen LogP contribution in [0.2, 0.25) is 0 Å². The highest BCUT2D eigenvalue weighted by atomic mass is 16.1. The molecule has 1 N–H and O–H groups in total. The lowest BCUT2D eigenvalue weighted by Crippen LogP contribution is -2.40. The molecule has 2 aromatic carbocycles. The molecule has 3 nitrogen and oxygen atoms in total. The molecular weight excluding hydrogens is 346 g/mol. The summed E-state index contributed by atoms with van der Waals surface area (Å²) in [6, 6.07) is 13.8. The van der Waals surface area contributed by atoms with Crippen LogP contribution in [-0.2, 0) is 11.8 Å². The predicted octanol–water partition coefficient (Wildman–Crippen LogP) is 5.64. The highest BCUT2D eigenvalue weighted by Crippen LogP contribution is 2.32. The average Bonchev–Trinajstić information content (AvgIpc) is 2.71. The van der Waals surface area contributed by atoms with Crippen LogP contribution >= 0.6 is 0 Å². The molecule has 0 aliphatic heterocycles. The highest BCUT2D eigenvalue weighted by molar-refractivity contribution is 5.96. The van der Waals surface area contributed by atoms with E-state index in [0.717, 1.165) is 47.9 Å². The molecule has 2 rings (SSSR count). The standard InChI is InChI=1S/C25H33NO2/c1-6-11-20-12-10-15-23(18(20)4)24(28)26-17-25(7-2,8-3)22-14-9-13-21(16-22)19(5)27/h9-10,12-16H,6-8,11,17H2,1-5H3,(H,26,28). The number of nitrogens with one attached hydrogen (secondary N) is 1. The van der Waals surface area contributed by atoms with Crippen molar-refractivity contribution in [2.24, 2.45) is 0 Å². The van der Waals surface area contributed by atoms with Gasteiger partial charge in [0, 0.05) is 23.1 Å². The van der Waals surface area contributed by atoms with Gasteiger partial charge in [-0.2, -0.15) is 0 Å². The van der Waals surface area contributed by atoms with Gasteiger partial charge in [0.2, 0.25) is 0 Å². The maximum Gasteiger partial charge on any atom is 0.251 e. The molecule has 0 aromatic heterocycles. The summed E-state index contributed by atoms with van der Waals surface area (Å²) in [4.78, 5) is 24.7. The molecule has 0 atom stereocenters. The zero-order valence-electron chi connectivity index (χ0n) is 17.9. The first-order valence-electron chi connectivity index (χ1n) is 10.4. The van der Waals surface area contributed by atoms with Crippen LogP contribution in [0.3, 0.4) is 0 Å². The van der Waals surface area contributed by atoms with Crippen LogP contribution < -0.4 is 5.32 Å². The van der Waals surface area contributed by atoms with Gasteiger partial charge in [0.25, 0.3) is 5.91 Å². The second kappa shape index (κ2) is 9.68. The minimum Gasteiger partial charge on any atom is -0.351 e. The molecular formula is C25H33NO2. The molecule has 0 radical (unpaired) electrons. The van der Waals surface area contributed by atoms with Crippen LogP contribution in [0.1, 0.15) is 84.4 Å². The van der Waals surface area contributed by atoms with Crippen molar-refractivity contribution in [2.45, 2.75) is 65.7 Å². The Kier molecular flexibility index (Phi) is 7.56. The fourth-order valence-electron chi connectivity index (χ4n) is 3.89. The summed E-state index contributed by atoms with van der Waals surface area (Å²) >= 11 is 0. The first-order chi connectivity index (χ1) is 13.4. The van der Waals surface area contributed by atoms with Gasteiger partial charge in [0.1, 0.15) is 0 Å². The van der Waals surface area contributed by atoms with Crippen molar-refractivity contribution in [1.29, 1.82) is 0 Å². The van der Waals surface area contributed by atoms with Crippen LogP contribution in [0, 0.1) is 6.92 Å². The zero-order chi connectivity index (χ0) is 20.7. The number of hydrogen-bond acceptors (Lipinski definition) is 2. The van der Waals surface area contributed by atoms with Gasteiger partial charge in [0.15, 0.2) is 5.78 Å². The lowest BCUT2D eigenvalue weighted by molar-refractivity contribution is 0.0939. The van der Waals surface area contributed by atoms with Gasteiger partial charge < -0.3 is 5.32 Å². The van der Waals surface area contributed by atoms with E-state index >= 15 is 0 Å². The minimum absolute atomic E-state index is 0.0237. The van der Waals surface area contributed by atoms with Crippen molar-refractivity contribution >= 4 is 11.7 Å². The van der Waals surface area contributed by atoms with E-state index in [0.29, 0.717) is 6.54 Å². The molecule has 0 unspecified atom stereocenters. The normalized spacial score (nSPS) is 11.3. The summed E-state index contributed by atoms with van der Waals surface area (Å²) in [5, 5.41) is 3.18. The third kappa shape index (κ3) is 4.70. The van der Waals surface area contributed by atoms with Gasteiger partial charge in [-0.3, -0.25) is 9.59 Å². The van der Waals surface area contributed by atoms with E-state index in [4.69, 9.17) is 0 Å². The minimum atomic E-state index is -0.184. The maximum atomic E-state index is 12.9. The highest BCUT2D eigenvalue weighted by Gasteiger charge is 2.30. The molecule has 0 heterocycles. The smallest absolute Gasteiger partial charge is 0.251 e. The van der Waals surface area contributed by atoms with Crippen molar-refractivity contribution in [2.75, 3.05) is 6.54 Å². The fraction of sp³-hybridized carbons (Fsp3) is 0.440. The van der Waals surface area contributed by atoms with Crippen molar-refractivity contribution in [3.8, 4) is 0 Å². The third-order valence-electron chi connectivity index (χ3n) is 6.03. The molecule has 1 amide bonds. The molecule has 150 valence electrons. The third-order valence-corrected chi connectivity index (χ3v) is 6.03. The topological polar surface area (TPSA) is 46.2 Å². The van der Waals surface area contributed by atoms with Gasteiger partial charge in [-0.15, -0.1) is 0 Å². The van der Waals surface area contributed by atoms with Crippen molar-refractivity contribution in [3.63, 3.8) is 0 Å². The lowest BCUT2D eigenvalue weighted by atomic mass is 9.75. The zero-order valence-corrected chi connectivity index (χ0v) is 17.9. The second-order valence-electron chi connectivity index (χ2n) is 7.65. The van der Waals surface area contributed by atoms with Crippen LogP contribution in [0.15, 0.2) is 42.5 Å². The summed E-state index contributed by atoms with van der Waals surface area (Å²) in [6.07, 6.45) is 3.83. The largest absolute Gasteiger partial charge is 0.351 e. The molecule has 0 aliphatic rings. The van der Waals surface area contributed by atoms with Gasteiger partial charge in [-0.05, 0) is 61.9 Å². The first kappa shape index (κ1) is 21.9. The lowest BCUT2D eigenvalue weighted by Gasteiger charge is -2.33. The maximum absolute atomic E-state index is 12.9. The van der Waals surface area contributed by atoms with Crippen LogP contribution in [0.4, 0.5) is 0 Å². The predicted molar refractivity (Wildman–Crippen MR) is 116 cm³/mol. The van der Waals surface area contributed by atoms with Gasteiger partial charge in [0.05, 0.1) is 0 Å². The van der Waals surface area contributed by atoms with Crippen molar-refractivity contribution < 1.29 is 9.59 Å². The number of hydrogen-bond donors (Lipinski definition) is 1. The Labute approximate surface area is 169 Å². The molecule has 0 aliphatic carbocycles. The Morgan fingerprint density at radius 3 is 2.29 bits per heavy atom. The summed E-state index contributed by atoms with van der Waals surface area (Å²) < 4.78 is 0. The fourth-order valence-corrected chi connectivity index (χ4v) is 3.89. The first-order valence-corrected chi connectivity index (χ1v) is 10.4. The van der Waals surface area contributed by atoms with Gasteiger partial charge >= 0.3 is 0 Å². The summed E-state index contributed by atoms with van der Waals surface area (Å²) in [5.41, 5.74) is 4.71. The monoisotopic (exact) mass is 379 g/mol. The molecule has 0 bridgehead atoms. The molecule has 2 aromatic rings. The SMILES string of the molecule is CCCc1cccc(C(=O)NCC(CC)(CC)c2cccc(C(C)=O)c2)c1C. The van der Waals surface area contributed by atoms with E-state index in [2.05, 4.69) is 38.2 Å². The quantitative estimate of drug-likeness (QED) is 0.573. The van der Waals surface area contributed by atoms with Gasteiger partial charge in [-0.25, -0.2) is 0 Å². The summed E-state index contributed by atoms with van der Waals surface area (Å²) in [5.74, 6) is 0.0415. The number of Topliss-reactive ketones (excluding diaryl/α,β-unsaturated/α-hetero) is 1. The number of amides is 1. The van der Waals surface area contributed by atoms with E-state index in [1.807, 2.05) is 37.3 Å². The Morgan fingerprint density at radius 2 is 1.68 bits per heavy atom. The number of rotatable bonds is 9. The molecule has 0 saturated heterocycles. The Balaban J connectivity index is 2.26. The molecule has 28 heavy (non-hydrogen) atoms. The summed E-state index contributed by atoms with van der Waals surface area (Å²) in [7, 11) is 0. The van der Waals surface area contributed by atoms with Crippen LogP contribution in [0.25, 0.3) is 0 Å². The number of aryl methyl sites for hydroxylation is 1. The van der Waals surface area contributed by atoms with Gasteiger partial charge in [-0.1, -0.05) is 57.5 Å². The van der Waals surface area contributed by atoms with Crippen molar-refractivity contribution in [1.82, 2.24) is 5.32 Å². The molecule has 0 saturated carbocycles.